The van der Waals surface area contributed by atoms with Gasteiger partial charge in [0, 0.05) is 5.56 Å². The predicted octanol–water partition coefficient (Wildman–Crippen LogP) is 5.95. The van der Waals surface area contributed by atoms with E-state index in [1.165, 1.54) is 25.3 Å². The van der Waals surface area contributed by atoms with Gasteiger partial charge in [0.05, 0.1) is 12.2 Å². The number of hydrogen-bond donors (Lipinski definition) is 0. The molecular formula is C20H28FNO. The van der Waals surface area contributed by atoms with Crippen LogP contribution in [0.1, 0.15) is 82.3 Å². The molecule has 1 aliphatic rings. The average molecular weight is 317 g/mol. The van der Waals surface area contributed by atoms with Crippen molar-refractivity contribution in [2.24, 2.45) is 5.92 Å². The molecule has 2 nitrogen and oxygen atoms in total. The Kier molecular flexibility index (Phi) is 6.89. The highest BCUT2D eigenvalue weighted by Gasteiger charge is 2.28. The van der Waals surface area contributed by atoms with Gasteiger partial charge in [-0.25, -0.2) is 4.39 Å². The van der Waals surface area contributed by atoms with E-state index in [0.29, 0.717) is 17.9 Å². The third-order valence-electron chi connectivity index (χ3n) is 4.94. The van der Waals surface area contributed by atoms with Gasteiger partial charge in [0.1, 0.15) is 17.6 Å². The number of ether oxygens (including phenoxy) is 1. The molecule has 0 aromatic heterocycles. The highest BCUT2D eigenvalue weighted by Crippen LogP contribution is 2.42. The molecule has 2 rings (SSSR count). The largest absolute Gasteiger partial charge is 0.493 e. The van der Waals surface area contributed by atoms with Crippen LogP contribution in [-0.4, -0.2) is 6.61 Å². The minimum atomic E-state index is -0.363. The lowest BCUT2D eigenvalue weighted by molar-refractivity contribution is 0.280. The maximum Gasteiger partial charge on any atom is 0.148 e. The summed E-state index contributed by atoms with van der Waals surface area (Å²) in [5.74, 6) is 1.25. The van der Waals surface area contributed by atoms with Crippen molar-refractivity contribution in [3.8, 4) is 11.8 Å². The molecule has 3 heteroatoms. The summed E-state index contributed by atoms with van der Waals surface area (Å²) >= 11 is 0. The fourth-order valence-electron chi connectivity index (χ4n) is 3.61. The van der Waals surface area contributed by atoms with Crippen molar-refractivity contribution < 1.29 is 9.13 Å². The topological polar surface area (TPSA) is 33.0 Å². The number of nitrogens with zero attached hydrogens (tertiary/aromatic N) is 1. The van der Waals surface area contributed by atoms with Gasteiger partial charge in [0.2, 0.25) is 0 Å². The minimum Gasteiger partial charge on any atom is -0.493 e. The van der Waals surface area contributed by atoms with E-state index in [2.05, 4.69) is 6.92 Å². The molecule has 0 aliphatic heterocycles. The van der Waals surface area contributed by atoms with Crippen LogP contribution in [0.3, 0.4) is 0 Å². The molecule has 0 saturated heterocycles. The Morgan fingerprint density at radius 3 is 2.52 bits per heavy atom. The third-order valence-corrected chi connectivity index (χ3v) is 4.94. The first kappa shape index (κ1) is 17.8. The van der Waals surface area contributed by atoms with Crippen LogP contribution in [0.2, 0.25) is 0 Å². The summed E-state index contributed by atoms with van der Waals surface area (Å²) in [5, 5.41) is 9.12. The van der Waals surface area contributed by atoms with Crippen LogP contribution in [0.25, 0.3) is 0 Å². The fourth-order valence-corrected chi connectivity index (χ4v) is 3.61. The molecule has 0 bridgehead atoms. The predicted molar refractivity (Wildman–Crippen MR) is 91.1 cm³/mol. The molecule has 1 fully saturated rings. The zero-order valence-corrected chi connectivity index (χ0v) is 14.4. The van der Waals surface area contributed by atoms with Crippen molar-refractivity contribution in [2.75, 3.05) is 6.61 Å². The van der Waals surface area contributed by atoms with Gasteiger partial charge in [-0.1, -0.05) is 33.1 Å². The number of rotatable bonds is 7. The van der Waals surface area contributed by atoms with Gasteiger partial charge in [0.15, 0.2) is 0 Å². The summed E-state index contributed by atoms with van der Waals surface area (Å²) in [7, 11) is 0. The normalized spacial score (nSPS) is 21.0. The molecular weight excluding hydrogens is 289 g/mol. The molecule has 0 amide bonds. The Morgan fingerprint density at radius 1 is 1.17 bits per heavy atom. The first-order valence-corrected chi connectivity index (χ1v) is 9.06. The lowest BCUT2D eigenvalue weighted by Crippen LogP contribution is -2.16. The van der Waals surface area contributed by atoms with E-state index in [1.54, 1.807) is 6.07 Å². The van der Waals surface area contributed by atoms with Gasteiger partial charge < -0.3 is 4.74 Å². The number of halogens is 1. The van der Waals surface area contributed by atoms with Crippen LogP contribution in [0.4, 0.5) is 4.39 Å². The van der Waals surface area contributed by atoms with E-state index in [-0.39, 0.29) is 17.3 Å². The molecule has 1 aliphatic carbocycles. The van der Waals surface area contributed by atoms with E-state index < -0.39 is 0 Å². The Labute approximate surface area is 139 Å². The van der Waals surface area contributed by atoms with E-state index in [4.69, 9.17) is 10.00 Å². The molecule has 0 heterocycles. The van der Waals surface area contributed by atoms with Gasteiger partial charge in [-0.05, 0) is 56.1 Å². The second-order valence-corrected chi connectivity index (χ2v) is 6.66. The average Bonchev–Trinajstić information content (AvgIpc) is 2.59. The van der Waals surface area contributed by atoms with Crippen molar-refractivity contribution in [3.63, 3.8) is 0 Å². The standard InChI is InChI=1S/C20H28FNO/c1-3-5-6-15-7-9-16(10-8-15)19-18(23-13-4-2)12-11-17(14-22)20(19)21/h11-12,15-16H,3-10,13H2,1-2H3. The summed E-state index contributed by atoms with van der Waals surface area (Å²) in [6.45, 7) is 4.86. The molecule has 0 unspecified atom stereocenters. The number of hydrogen-bond acceptors (Lipinski definition) is 2. The summed E-state index contributed by atoms with van der Waals surface area (Å²) in [6, 6.07) is 5.28. The van der Waals surface area contributed by atoms with Crippen molar-refractivity contribution in [2.45, 2.75) is 71.1 Å². The van der Waals surface area contributed by atoms with Crippen LogP contribution < -0.4 is 4.74 Å². The summed E-state index contributed by atoms with van der Waals surface area (Å²) in [5.41, 5.74) is 0.781. The zero-order chi connectivity index (χ0) is 16.7. The SMILES string of the molecule is CCCCC1CCC(c2c(OCCC)ccc(C#N)c2F)CC1. The van der Waals surface area contributed by atoms with Crippen LogP contribution in [0.5, 0.6) is 5.75 Å². The smallest absolute Gasteiger partial charge is 0.148 e. The second-order valence-electron chi connectivity index (χ2n) is 6.66. The van der Waals surface area contributed by atoms with Gasteiger partial charge in [-0.15, -0.1) is 0 Å². The highest BCUT2D eigenvalue weighted by molar-refractivity contribution is 5.45. The first-order valence-electron chi connectivity index (χ1n) is 9.06. The van der Waals surface area contributed by atoms with Gasteiger partial charge in [-0.3, -0.25) is 0 Å². The molecule has 0 radical (unpaired) electrons. The lowest BCUT2D eigenvalue weighted by atomic mass is 9.76. The van der Waals surface area contributed by atoms with Crippen molar-refractivity contribution in [1.29, 1.82) is 5.26 Å². The molecule has 23 heavy (non-hydrogen) atoms. The number of benzene rings is 1. The maximum atomic E-state index is 14.7. The molecule has 1 saturated carbocycles. The van der Waals surface area contributed by atoms with Gasteiger partial charge >= 0.3 is 0 Å². The summed E-state index contributed by atoms with van der Waals surface area (Å²) in [4.78, 5) is 0. The van der Waals surface area contributed by atoms with Crippen LogP contribution in [0, 0.1) is 23.1 Å². The Hall–Kier alpha value is -1.56. The molecule has 1 aromatic rings. The van der Waals surface area contributed by atoms with E-state index in [0.717, 1.165) is 38.0 Å². The molecule has 1 aromatic carbocycles. The minimum absolute atomic E-state index is 0.136. The Balaban J connectivity index is 2.16. The number of nitriles is 1. The van der Waals surface area contributed by atoms with Crippen LogP contribution in [0.15, 0.2) is 12.1 Å². The highest BCUT2D eigenvalue weighted by atomic mass is 19.1. The van der Waals surface area contributed by atoms with Crippen molar-refractivity contribution in [1.82, 2.24) is 0 Å². The molecule has 126 valence electrons. The molecule has 0 N–H and O–H groups in total. The van der Waals surface area contributed by atoms with Crippen molar-refractivity contribution in [3.05, 3.63) is 29.1 Å². The fraction of sp³-hybridized carbons (Fsp3) is 0.650. The van der Waals surface area contributed by atoms with E-state index in [9.17, 15) is 4.39 Å². The Bertz CT molecular complexity index is 541. The lowest BCUT2D eigenvalue weighted by Gasteiger charge is -2.30. The molecule has 0 atom stereocenters. The van der Waals surface area contributed by atoms with Gasteiger partial charge in [0.25, 0.3) is 0 Å². The van der Waals surface area contributed by atoms with Crippen LogP contribution in [-0.2, 0) is 0 Å². The van der Waals surface area contributed by atoms with Crippen LogP contribution >= 0.6 is 0 Å². The quantitative estimate of drug-likeness (QED) is 0.622. The van der Waals surface area contributed by atoms with Crippen molar-refractivity contribution >= 4 is 0 Å². The van der Waals surface area contributed by atoms with E-state index >= 15 is 0 Å². The monoisotopic (exact) mass is 317 g/mol. The Morgan fingerprint density at radius 2 is 1.91 bits per heavy atom. The summed E-state index contributed by atoms with van der Waals surface area (Å²) < 4.78 is 20.5. The molecule has 0 spiro atoms. The third kappa shape index (κ3) is 4.47. The number of unbranched alkanes of at least 4 members (excludes halogenated alkanes) is 1. The second kappa shape index (κ2) is 8.91. The van der Waals surface area contributed by atoms with Gasteiger partial charge in [-0.2, -0.15) is 5.26 Å². The maximum absolute atomic E-state index is 14.7. The van der Waals surface area contributed by atoms with E-state index in [1.807, 2.05) is 13.0 Å². The zero-order valence-electron chi connectivity index (χ0n) is 14.4. The summed E-state index contributed by atoms with van der Waals surface area (Å²) in [6.07, 6.45) is 9.05. The first-order chi connectivity index (χ1) is 11.2.